The lowest BCUT2D eigenvalue weighted by Crippen LogP contribution is -2.06. The maximum atomic E-state index is 11.5. The van der Waals surface area contributed by atoms with Gasteiger partial charge in [0.05, 0.1) is 11.1 Å². The third kappa shape index (κ3) is 10.6. The summed E-state index contributed by atoms with van der Waals surface area (Å²) < 4.78 is 11.9. The molecule has 368 valence electrons. The Morgan fingerprint density at radius 1 is 0.234 bits per heavy atom. The van der Waals surface area contributed by atoms with Gasteiger partial charge in [0.1, 0.15) is 23.0 Å². The van der Waals surface area contributed by atoms with Crippen LogP contribution in [-0.4, -0.2) is 46.9 Å². The zero-order valence-corrected chi connectivity index (χ0v) is 41.4. The summed E-state index contributed by atoms with van der Waals surface area (Å²) in [7, 11) is 0. The summed E-state index contributed by atoms with van der Waals surface area (Å²) in [5, 5.41) is 23.0. The van der Waals surface area contributed by atoms with Crippen molar-refractivity contribution in [3.05, 3.63) is 255 Å². The van der Waals surface area contributed by atoms with E-state index in [-0.39, 0.29) is 18.3 Å². The van der Waals surface area contributed by atoms with Gasteiger partial charge in [-0.25, -0.2) is 29.9 Å². The lowest BCUT2D eigenvalue weighted by molar-refractivity contribution is 0.119. The first-order valence-electron chi connectivity index (χ1n) is 25.0. The number of rotatable bonds is 14. The predicted octanol–water partition coefficient (Wildman–Crippen LogP) is 15.6. The summed E-state index contributed by atoms with van der Waals surface area (Å²) in [5.41, 5.74) is 12.6. The number of aromatic hydroxyl groups is 2. The molecule has 12 rings (SSSR count). The maximum Gasteiger partial charge on any atom is 0.230 e. The monoisotopic (exact) mass is 998 g/mol. The average Bonchev–Trinajstić information content (AvgIpc) is 3.50. The van der Waals surface area contributed by atoms with Gasteiger partial charge in [0.2, 0.25) is 6.79 Å². The molecule has 0 aliphatic carbocycles. The highest BCUT2D eigenvalue weighted by Crippen LogP contribution is 2.37. The molecule has 10 nitrogen and oxygen atoms in total. The van der Waals surface area contributed by atoms with Crippen LogP contribution < -0.4 is 9.47 Å². The Balaban J connectivity index is 0.785. The molecule has 0 bridgehead atoms. The average molecular weight is 999 g/mol. The fraction of sp³-hybridized carbons (Fsp3) is 0.0149. The maximum absolute atomic E-state index is 11.5. The minimum absolute atomic E-state index is 0.0955. The van der Waals surface area contributed by atoms with Gasteiger partial charge in [0, 0.05) is 34.4 Å². The van der Waals surface area contributed by atoms with E-state index >= 15 is 0 Å². The van der Waals surface area contributed by atoms with Gasteiger partial charge in [-0.05, 0) is 68.8 Å². The fourth-order valence-corrected chi connectivity index (χ4v) is 9.02. The third-order valence-corrected chi connectivity index (χ3v) is 13.1. The third-order valence-electron chi connectivity index (χ3n) is 13.1. The zero-order valence-electron chi connectivity index (χ0n) is 41.4. The fourth-order valence-electron chi connectivity index (χ4n) is 9.02. The second-order valence-electron chi connectivity index (χ2n) is 18.2. The van der Waals surface area contributed by atoms with Crippen molar-refractivity contribution in [1.29, 1.82) is 0 Å². The van der Waals surface area contributed by atoms with Crippen molar-refractivity contribution in [2.24, 2.45) is 0 Å². The van der Waals surface area contributed by atoms with Gasteiger partial charge < -0.3 is 19.7 Å². The van der Waals surface area contributed by atoms with Gasteiger partial charge in [0.25, 0.3) is 0 Å². The molecule has 12 aromatic rings. The molecule has 2 aromatic heterocycles. The van der Waals surface area contributed by atoms with Gasteiger partial charge in [-0.3, -0.25) is 0 Å². The predicted molar refractivity (Wildman–Crippen MR) is 303 cm³/mol. The highest BCUT2D eigenvalue weighted by Gasteiger charge is 2.19. The lowest BCUT2D eigenvalue weighted by atomic mass is 10.0. The number of phenols is 2. The van der Waals surface area contributed by atoms with Crippen molar-refractivity contribution in [2.45, 2.75) is 0 Å². The molecule has 0 aliphatic rings. The summed E-state index contributed by atoms with van der Waals surface area (Å²) in [4.78, 5) is 29.4. The summed E-state index contributed by atoms with van der Waals surface area (Å²) >= 11 is 0. The number of aromatic nitrogens is 6. The standard InChI is InChI=1S/C67H46N6O4/c74-60-41-56(37-39-58(60)66-70-62(52-29-21-48(22-30-52)44-13-5-1-6-14-44)68-63(71-66)53-31-23-49(24-32-53)45-15-7-2-8-16-45)76-43-77-57-38-40-59(61(75)42-57)67-72-64(54-33-25-50(26-34-54)46-17-9-3-10-18-46)69-65(73-67)55-35-27-51(28-36-55)47-19-11-4-12-20-47/h1-42,74-75H,43H2. The van der Waals surface area contributed by atoms with E-state index in [1.807, 2.05) is 170 Å². The molecule has 0 fully saturated rings. The van der Waals surface area contributed by atoms with Crippen LogP contribution >= 0.6 is 0 Å². The SMILES string of the molecule is Oc1cc(OCOc2ccc(-c3nc(-c4ccc(-c5ccccc5)cc4)nc(-c4ccc(-c5ccccc5)cc4)n3)c(O)c2)ccc1-c1nc(-c2ccc(-c3ccccc3)cc2)nc(-c2ccc(-c3ccccc3)cc2)n1. The van der Waals surface area contributed by atoms with E-state index in [4.69, 9.17) is 39.4 Å². The minimum atomic E-state index is -0.229. The number of benzene rings is 10. The van der Waals surface area contributed by atoms with Gasteiger partial charge in [0.15, 0.2) is 34.9 Å². The van der Waals surface area contributed by atoms with E-state index in [2.05, 4.69) is 48.5 Å². The van der Waals surface area contributed by atoms with Crippen LogP contribution in [0.3, 0.4) is 0 Å². The van der Waals surface area contributed by atoms with Crippen molar-refractivity contribution in [1.82, 2.24) is 29.9 Å². The Hall–Kier alpha value is -10.6. The van der Waals surface area contributed by atoms with Crippen LogP contribution in [0.2, 0.25) is 0 Å². The zero-order chi connectivity index (χ0) is 51.9. The molecular formula is C67H46N6O4. The van der Waals surface area contributed by atoms with E-state index in [0.717, 1.165) is 66.8 Å². The van der Waals surface area contributed by atoms with Crippen LogP contribution in [0, 0.1) is 0 Å². The first kappa shape index (κ1) is 47.4. The molecule has 2 heterocycles. The molecule has 10 aromatic carbocycles. The molecule has 0 saturated heterocycles. The molecule has 0 radical (unpaired) electrons. The first-order chi connectivity index (χ1) is 37.9. The molecule has 0 saturated carbocycles. The van der Waals surface area contributed by atoms with Crippen molar-refractivity contribution in [3.63, 3.8) is 0 Å². The molecule has 0 atom stereocenters. The van der Waals surface area contributed by atoms with Gasteiger partial charge in [-0.1, -0.05) is 218 Å². The van der Waals surface area contributed by atoms with Crippen LogP contribution in [0.1, 0.15) is 0 Å². The highest BCUT2D eigenvalue weighted by atomic mass is 16.7. The van der Waals surface area contributed by atoms with Crippen molar-refractivity contribution >= 4 is 0 Å². The van der Waals surface area contributed by atoms with Crippen molar-refractivity contribution in [2.75, 3.05) is 6.79 Å². The second kappa shape index (κ2) is 21.5. The summed E-state index contributed by atoms with van der Waals surface area (Å²) in [6, 6.07) is 82.8. The number of hydrogen-bond donors (Lipinski definition) is 2. The molecule has 0 aliphatic heterocycles. The van der Waals surface area contributed by atoms with Crippen LogP contribution in [0.4, 0.5) is 0 Å². The number of nitrogens with zero attached hydrogens (tertiary/aromatic N) is 6. The Bertz CT molecular complexity index is 3520. The number of hydrogen-bond acceptors (Lipinski definition) is 10. The van der Waals surface area contributed by atoms with E-state index in [0.29, 0.717) is 57.6 Å². The van der Waals surface area contributed by atoms with E-state index < -0.39 is 0 Å². The molecule has 2 N–H and O–H groups in total. The van der Waals surface area contributed by atoms with Crippen LogP contribution in [-0.2, 0) is 0 Å². The topological polar surface area (TPSA) is 136 Å². The molecule has 77 heavy (non-hydrogen) atoms. The van der Waals surface area contributed by atoms with E-state index in [1.54, 1.807) is 24.3 Å². The van der Waals surface area contributed by atoms with Crippen LogP contribution in [0.15, 0.2) is 255 Å². The van der Waals surface area contributed by atoms with E-state index in [9.17, 15) is 10.2 Å². The van der Waals surface area contributed by atoms with Gasteiger partial charge in [-0.2, -0.15) is 0 Å². The lowest BCUT2D eigenvalue weighted by Gasteiger charge is -2.13. The minimum Gasteiger partial charge on any atom is -0.507 e. The number of ether oxygens (including phenoxy) is 2. The Morgan fingerprint density at radius 3 is 0.701 bits per heavy atom. The Kier molecular flexibility index (Phi) is 13.2. The van der Waals surface area contributed by atoms with Crippen LogP contribution in [0.25, 0.3) is 113 Å². The van der Waals surface area contributed by atoms with Crippen molar-refractivity contribution in [3.8, 4) is 136 Å². The largest absolute Gasteiger partial charge is 0.507 e. The molecular weight excluding hydrogens is 953 g/mol. The van der Waals surface area contributed by atoms with Crippen LogP contribution in [0.5, 0.6) is 23.0 Å². The molecule has 0 unspecified atom stereocenters. The normalized spacial score (nSPS) is 11.0. The van der Waals surface area contributed by atoms with Gasteiger partial charge in [-0.15, -0.1) is 0 Å². The molecule has 0 amide bonds. The molecule has 10 heteroatoms. The van der Waals surface area contributed by atoms with E-state index in [1.165, 1.54) is 12.1 Å². The molecule has 0 spiro atoms. The second-order valence-corrected chi connectivity index (χ2v) is 18.2. The summed E-state index contributed by atoms with van der Waals surface area (Å²) in [6.07, 6.45) is 0. The summed E-state index contributed by atoms with van der Waals surface area (Å²) in [5.74, 6) is 2.90. The summed E-state index contributed by atoms with van der Waals surface area (Å²) in [6.45, 7) is -0.229. The highest BCUT2D eigenvalue weighted by molar-refractivity contribution is 5.76. The Morgan fingerprint density at radius 2 is 0.455 bits per heavy atom. The van der Waals surface area contributed by atoms with Crippen molar-refractivity contribution < 1.29 is 19.7 Å². The smallest absolute Gasteiger partial charge is 0.230 e. The quantitative estimate of drug-likeness (QED) is 0.101. The first-order valence-corrected chi connectivity index (χ1v) is 25.0. The van der Waals surface area contributed by atoms with Gasteiger partial charge >= 0.3 is 0 Å². The number of phenolic OH excluding ortho intramolecular Hbond substituents is 2. The Labute approximate surface area is 445 Å².